The summed E-state index contributed by atoms with van der Waals surface area (Å²) in [5.74, 6) is 0.787. The summed E-state index contributed by atoms with van der Waals surface area (Å²) in [5.41, 5.74) is 3.95. The summed E-state index contributed by atoms with van der Waals surface area (Å²) in [6, 6.07) is 12.0. The number of hydrogen-bond donors (Lipinski definition) is 1. The van der Waals surface area contributed by atoms with E-state index in [9.17, 15) is 8.42 Å². The number of fused-ring (bicyclic) bond motifs is 2. The van der Waals surface area contributed by atoms with Crippen molar-refractivity contribution >= 4 is 32.4 Å². The standard InChI is InChI=1S/C21H22N4O2S/c26-28(27,18-5-3-6-18)25-11-9-19-16(14-25)8-10-22-21(19)24-17-12-15-4-1-2-7-20(15)23-13-17/h1-2,4,7-8,10,12-13,18H,3,5-6,9,11,14H2,(H,22,24). The molecule has 0 atom stereocenters. The largest absolute Gasteiger partial charge is 0.339 e. The molecule has 0 spiro atoms. The molecule has 1 saturated carbocycles. The Morgan fingerprint density at radius 2 is 1.96 bits per heavy atom. The molecule has 1 aliphatic heterocycles. The average Bonchev–Trinajstić information content (AvgIpc) is 2.66. The third-order valence-electron chi connectivity index (χ3n) is 5.80. The molecule has 1 fully saturated rings. The number of nitrogens with one attached hydrogen (secondary N) is 1. The highest BCUT2D eigenvalue weighted by Gasteiger charge is 2.37. The van der Waals surface area contributed by atoms with Crippen LogP contribution in [-0.4, -0.2) is 34.5 Å². The van der Waals surface area contributed by atoms with Crippen LogP contribution >= 0.6 is 0 Å². The minimum absolute atomic E-state index is 0.183. The highest BCUT2D eigenvalue weighted by Crippen LogP contribution is 2.33. The maximum Gasteiger partial charge on any atom is 0.217 e. The van der Waals surface area contributed by atoms with E-state index < -0.39 is 10.0 Å². The second kappa shape index (κ2) is 6.83. The fourth-order valence-electron chi connectivity index (χ4n) is 3.95. The normalized spacial score (nSPS) is 17.9. The van der Waals surface area contributed by atoms with Crippen molar-refractivity contribution < 1.29 is 8.42 Å². The molecule has 1 N–H and O–H groups in total. The lowest BCUT2D eigenvalue weighted by molar-refractivity contribution is 0.364. The fourth-order valence-corrected chi connectivity index (χ4v) is 5.96. The van der Waals surface area contributed by atoms with E-state index >= 15 is 0 Å². The molecule has 2 aliphatic rings. The van der Waals surface area contributed by atoms with E-state index in [1.165, 1.54) is 0 Å². The van der Waals surface area contributed by atoms with Crippen LogP contribution in [0.5, 0.6) is 0 Å². The number of rotatable bonds is 4. The summed E-state index contributed by atoms with van der Waals surface area (Å²) in [6.07, 6.45) is 6.83. The lowest BCUT2D eigenvalue weighted by Crippen LogP contribution is -2.44. The van der Waals surface area contributed by atoms with Gasteiger partial charge in [-0.1, -0.05) is 24.6 Å². The number of para-hydroxylation sites is 1. The number of benzene rings is 1. The molecule has 2 aromatic heterocycles. The second-order valence-corrected chi connectivity index (χ2v) is 9.73. The Morgan fingerprint density at radius 3 is 2.79 bits per heavy atom. The topological polar surface area (TPSA) is 75.2 Å². The Kier molecular flexibility index (Phi) is 4.29. The summed E-state index contributed by atoms with van der Waals surface area (Å²) in [7, 11) is -3.18. The van der Waals surface area contributed by atoms with Crippen molar-refractivity contribution in [2.75, 3.05) is 11.9 Å². The third-order valence-corrected chi connectivity index (χ3v) is 8.14. The average molecular weight is 395 g/mol. The molecular formula is C21H22N4O2S. The first kappa shape index (κ1) is 17.6. The number of anilines is 2. The maximum atomic E-state index is 12.8. The van der Waals surface area contributed by atoms with E-state index in [-0.39, 0.29) is 5.25 Å². The van der Waals surface area contributed by atoms with Gasteiger partial charge in [-0.25, -0.2) is 13.4 Å². The third kappa shape index (κ3) is 3.04. The van der Waals surface area contributed by atoms with Crippen molar-refractivity contribution in [1.82, 2.24) is 14.3 Å². The molecule has 0 bridgehead atoms. The van der Waals surface area contributed by atoms with Crippen molar-refractivity contribution in [2.45, 2.75) is 37.5 Å². The van der Waals surface area contributed by atoms with Gasteiger partial charge in [0.05, 0.1) is 22.7 Å². The molecule has 6 nitrogen and oxygen atoms in total. The number of nitrogens with zero attached hydrogens (tertiary/aromatic N) is 3. The zero-order valence-electron chi connectivity index (χ0n) is 15.5. The lowest BCUT2D eigenvalue weighted by atomic mass is 10.00. The van der Waals surface area contributed by atoms with E-state index in [0.717, 1.165) is 52.8 Å². The van der Waals surface area contributed by atoms with Gasteiger partial charge in [0.1, 0.15) is 5.82 Å². The molecule has 3 heterocycles. The quantitative estimate of drug-likeness (QED) is 0.732. The molecule has 5 rings (SSSR count). The molecule has 0 unspecified atom stereocenters. The number of pyridine rings is 2. The highest BCUT2D eigenvalue weighted by molar-refractivity contribution is 7.89. The SMILES string of the molecule is O=S(=O)(C1CCC1)N1CCc2c(ccnc2Nc2cnc3ccccc3c2)C1. The van der Waals surface area contributed by atoms with Gasteiger partial charge in [0.15, 0.2) is 0 Å². The van der Waals surface area contributed by atoms with Crippen LogP contribution in [0.3, 0.4) is 0 Å². The number of hydrogen-bond acceptors (Lipinski definition) is 5. The summed E-state index contributed by atoms with van der Waals surface area (Å²) < 4.78 is 27.2. The minimum Gasteiger partial charge on any atom is -0.339 e. The summed E-state index contributed by atoms with van der Waals surface area (Å²) in [5, 5.41) is 4.26. The van der Waals surface area contributed by atoms with Gasteiger partial charge < -0.3 is 5.32 Å². The predicted molar refractivity (Wildman–Crippen MR) is 110 cm³/mol. The molecule has 0 amide bonds. The van der Waals surface area contributed by atoms with Crippen LogP contribution in [-0.2, 0) is 23.0 Å². The summed E-state index contributed by atoms with van der Waals surface area (Å²) in [4.78, 5) is 9.00. The Balaban J connectivity index is 1.41. The van der Waals surface area contributed by atoms with E-state index in [4.69, 9.17) is 0 Å². The van der Waals surface area contributed by atoms with Gasteiger partial charge in [-0.2, -0.15) is 4.31 Å². The van der Waals surface area contributed by atoms with Gasteiger partial charge in [-0.15, -0.1) is 0 Å². The fraction of sp³-hybridized carbons (Fsp3) is 0.333. The Hall–Kier alpha value is -2.51. The van der Waals surface area contributed by atoms with Crippen molar-refractivity contribution in [2.24, 2.45) is 0 Å². The molecule has 3 aromatic rings. The van der Waals surface area contributed by atoms with E-state index in [2.05, 4.69) is 21.4 Å². The van der Waals surface area contributed by atoms with Crippen molar-refractivity contribution in [1.29, 1.82) is 0 Å². The zero-order chi connectivity index (χ0) is 19.1. The van der Waals surface area contributed by atoms with E-state index in [1.807, 2.05) is 30.3 Å². The van der Waals surface area contributed by atoms with Crippen LogP contribution in [0.4, 0.5) is 11.5 Å². The van der Waals surface area contributed by atoms with Crippen LogP contribution in [0, 0.1) is 0 Å². The van der Waals surface area contributed by atoms with Crippen LogP contribution in [0.25, 0.3) is 10.9 Å². The van der Waals surface area contributed by atoms with Crippen LogP contribution < -0.4 is 5.32 Å². The zero-order valence-corrected chi connectivity index (χ0v) is 16.3. The van der Waals surface area contributed by atoms with Gasteiger partial charge in [0.25, 0.3) is 0 Å². The molecule has 1 aliphatic carbocycles. The Bertz CT molecular complexity index is 1140. The first-order valence-corrected chi connectivity index (χ1v) is 11.2. The monoisotopic (exact) mass is 394 g/mol. The molecule has 7 heteroatoms. The van der Waals surface area contributed by atoms with Crippen LogP contribution in [0.15, 0.2) is 48.8 Å². The van der Waals surface area contributed by atoms with Crippen LogP contribution in [0.1, 0.15) is 30.4 Å². The van der Waals surface area contributed by atoms with Crippen molar-refractivity contribution in [3.05, 3.63) is 59.9 Å². The van der Waals surface area contributed by atoms with Gasteiger partial charge in [0, 0.05) is 30.2 Å². The smallest absolute Gasteiger partial charge is 0.217 e. The summed E-state index contributed by atoms with van der Waals surface area (Å²) >= 11 is 0. The molecule has 1 aromatic carbocycles. The molecular weight excluding hydrogens is 372 g/mol. The second-order valence-electron chi connectivity index (χ2n) is 7.52. The molecule has 0 saturated heterocycles. The van der Waals surface area contributed by atoms with Crippen molar-refractivity contribution in [3.63, 3.8) is 0 Å². The Labute approximate surface area is 164 Å². The van der Waals surface area contributed by atoms with Crippen molar-refractivity contribution in [3.8, 4) is 0 Å². The first-order valence-electron chi connectivity index (χ1n) is 9.69. The van der Waals surface area contributed by atoms with Gasteiger partial charge in [-0.3, -0.25) is 4.98 Å². The van der Waals surface area contributed by atoms with E-state index in [0.29, 0.717) is 19.5 Å². The summed E-state index contributed by atoms with van der Waals surface area (Å²) in [6.45, 7) is 0.948. The minimum atomic E-state index is -3.18. The predicted octanol–water partition coefficient (Wildman–Crippen LogP) is 3.61. The number of sulfonamides is 1. The first-order chi connectivity index (χ1) is 13.6. The van der Waals surface area contributed by atoms with Gasteiger partial charge in [-0.05, 0) is 43.0 Å². The maximum absolute atomic E-state index is 12.8. The molecule has 144 valence electrons. The highest BCUT2D eigenvalue weighted by atomic mass is 32.2. The number of aromatic nitrogens is 2. The Morgan fingerprint density at radius 1 is 1.11 bits per heavy atom. The van der Waals surface area contributed by atoms with Gasteiger partial charge in [0.2, 0.25) is 10.0 Å². The molecule has 28 heavy (non-hydrogen) atoms. The van der Waals surface area contributed by atoms with E-state index in [1.54, 1.807) is 16.7 Å². The van der Waals surface area contributed by atoms with Crippen LogP contribution in [0.2, 0.25) is 0 Å². The lowest BCUT2D eigenvalue weighted by Gasteiger charge is -2.35. The molecule has 0 radical (unpaired) electrons. The van der Waals surface area contributed by atoms with Gasteiger partial charge >= 0.3 is 0 Å².